The highest BCUT2D eigenvalue weighted by molar-refractivity contribution is 5.78. The van der Waals surface area contributed by atoms with E-state index in [9.17, 15) is 4.79 Å². The zero-order valence-electron chi connectivity index (χ0n) is 17.2. The van der Waals surface area contributed by atoms with Crippen LogP contribution in [0.2, 0.25) is 0 Å². The molecule has 0 aliphatic carbocycles. The van der Waals surface area contributed by atoms with Crippen LogP contribution in [0.3, 0.4) is 0 Å². The van der Waals surface area contributed by atoms with Crippen LogP contribution in [0.15, 0.2) is 78.9 Å². The van der Waals surface area contributed by atoms with Crippen LogP contribution < -0.4 is 9.47 Å². The Kier molecular flexibility index (Phi) is 6.30. The third kappa shape index (κ3) is 5.19. The lowest BCUT2D eigenvalue weighted by atomic mass is 10.1. The van der Waals surface area contributed by atoms with Gasteiger partial charge in [0.25, 0.3) is 0 Å². The summed E-state index contributed by atoms with van der Waals surface area (Å²) >= 11 is 0. The fourth-order valence-corrected chi connectivity index (χ4v) is 3.58. The van der Waals surface area contributed by atoms with Crippen molar-refractivity contribution in [3.8, 4) is 11.5 Å². The molecule has 1 aliphatic heterocycles. The number of hydrogen-bond donors (Lipinski definition) is 0. The molecule has 1 aliphatic rings. The van der Waals surface area contributed by atoms with Gasteiger partial charge in [0.2, 0.25) is 12.7 Å². The highest BCUT2D eigenvalue weighted by atomic mass is 16.7. The molecule has 3 aromatic rings. The monoisotopic (exact) mass is 402 g/mol. The molecule has 0 spiro atoms. The van der Waals surface area contributed by atoms with E-state index in [1.807, 2.05) is 71.4 Å². The van der Waals surface area contributed by atoms with Crippen molar-refractivity contribution in [3.63, 3.8) is 0 Å². The molecule has 0 N–H and O–H groups in total. The van der Waals surface area contributed by atoms with Crippen LogP contribution in [-0.2, 0) is 24.4 Å². The van der Waals surface area contributed by atoms with Crippen LogP contribution in [0.4, 0.5) is 0 Å². The second-order valence-electron chi connectivity index (χ2n) is 7.58. The summed E-state index contributed by atoms with van der Waals surface area (Å²) in [5, 5.41) is 0. The molecule has 0 radical (unpaired) electrons. The summed E-state index contributed by atoms with van der Waals surface area (Å²) in [5.41, 5.74) is 3.34. The predicted molar refractivity (Wildman–Crippen MR) is 116 cm³/mol. The molecule has 154 valence electrons. The van der Waals surface area contributed by atoms with Gasteiger partial charge in [-0.15, -0.1) is 0 Å². The highest BCUT2D eigenvalue weighted by Crippen LogP contribution is 2.32. The largest absolute Gasteiger partial charge is 0.454 e. The molecule has 0 saturated heterocycles. The molecule has 0 atom stereocenters. The molecule has 5 nitrogen and oxygen atoms in total. The summed E-state index contributed by atoms with van der Waals surface area (Å²) in [6.07, 6.45) is 0. The van der Waals surface area contributed by atoms with E-state index in [1.54, 1.807) is 0 Å². The Bertz CT molecular complexity index is 935. The third-order valence-electron chi connectivity index (χ3n) is 5.08. The number of fused-ring (bicyclic) bond motifs is 1. The summed E-state index contributed by atoms with van der Waals surface area (Å²) < 4.78 is 10.8. The maximum absolute atomic E-state index is 13.2. The Morgan fingerprint density at radius 3 is 2.00 bits per heavy atom. The first-order valence-electron chi connectivity index (χ1n) is 10.1. The predicted octanol–water partition coefficient (Wildman–Crippen LogP) is 4.08. The molecule has 0 aromatic heterocycles. The number of carbonyl (C=O) groups is 1. The van der Waals surface area contributed by atoms with Gasteiger partial charge in [-0.05, 0) is 35.9 Å². The molecule has 0 saturated carbocycles. The number of rotatable bonds is 8. The maximum atomic E-state index is 13.2. The zero-order valence-corrected chi connectivity index (χ0v) is 17.2. The van der Waals surface area contributed by atoms with E-state index in [1.165, 1.54) is 0 Å². The average Bonchev–Trinajstić information content (AvgIpc) is 3.22. The summed E-state index contributed by atoms with van der Waals surface area (Å²) in [6, 6.07) is 26.2. The van der Waals surface area contributed by atoms with Crippen molar-refractivity contribution in [3.05, 3.63) is 95.6 Å². The normalized spacial score (nSPS) is 12.2. The third-order valence-corrected chi connectivity index (χ3v) is 5.08. The number of ether oxygens (including phenoxy) is 2. The maximum Gasteiger partial charge on any atom is 0.237 e. The number of carbonyl (C=O) groups excluding carboxylic acids is 1. The van der Waals surface area contributed by atoms with E-state index < -0.39 is 0 Å². The first-order chi connectivity index (χ1) is 14.7. The fourth-order valence-electron chi connectivity index (χ4n) is 3.58. The molecule has 5 heteroatoms. The van der Waals surface area contributed by atoms with Crippen LogP contribution in [0, 0.1) is 0 Å². The Morgan fingerprint density at radius 2 is 1.37 bits per heavy atom. The van der Waals surface area contributed by atoms with E-state index in [2.05, 4.69) is 24.3 Å². The summed E-state index contributed by atoms with van der Waals surface area (Å²) in [5.74, 6) is 1.64. The van der Waals surface area contributed by atoms with Crippen LogP contribution >= 0.6 is 0 Å². The molecular weight excluding hydrogens is 376 g/mol. The molecule has 1 amide bonds. The minimum absolute atomic E-state index is 0.103. The topological polar surface area (TPSA) is 42.0 Å². The van der Waals surface area contributed by atoms with Gasteiger partial charge in [-0.2, -0.15) is 0 Å². The van der Waals surface area contributed by atoms with Crippen molar-refractivity contribution < 1.29 is 14.3 Å². The second-order valence-corrected chi connectivity index (χ2v) is 7.58. The number of likely N-dealkylation sites (N-methyl/N-ethyl adjacent to an activating group) is 1. The highest BCUT2D eigenvalue weighted by Gasteiger charge is 2.18. The second kappa shape index (κ2) is 9.46. The van der Waals surface area contributed by atoms with Crippen molar-refractivity contribution in [2.75, 3.05) is 20.4 Å². The average molecular weight is 402 g/mol. The SMILES string of the molecule is CN(CC(=O)N(Cc1ccccc1)Cc1ccccc1)Cc1ccc2c(c1)OCO2. The van der Waals surface area contributed by atoms with Crippen molar-refractivity contribution in [1.82, 2.24) is 9.80 Å². The van der Waals surface area contributed by atoms with Crippen molar-refractivity contribution in [1.29, 1.82) is 0 Å². The van der Waals surface area contributed by atoms with Gasteiger partial charge in [0, 0.05) is 19.6 Å². The van der Waals surface area contributed by atoms with Gasteiger partial charge in [-0.25, -0.2) is 0 Å². The Morgan fingerprint density at radius 1 is 0.767 bits per heavy atom. The quantitative estimate of drug-likeness (QED) is 0.570. The van der Waals surface area contributed by atoms with Gasteiger partial charge >= 0.3 is 0 Å². The van der Waals surface area contributed by atoms with Crippen molar-refractivity contribution >= 4 is 5.91 Å². The van der Waals surface area contributed by atoms with Crippen molar-refractivity contribution in [2.45, 2.75) is 19.6 Å². The van der Waals surface area contributed by atoms with Gasteiger partial charge in [-0.1, -0.05) is 66.7 Å². The standard InChI is InChI=1S/C25H26N2O3/c1-26(15-22-12-13-23-24(14-22)30-19-29-23)18-25(28)27(16-20-8-4-2-5-9-20)17-21-10-6-3-7-11-21/h2-14H,15-19H2,1H3. The van der Waals surface area contributed by atoms with Gasteiger partial charge in [0.1, 0.15) is 0 Å². The number of benzene rings is 3. The van der Waals surface area contributed by atoms with Gasteiger partial charge in [0.05, 0.1) is 6.54 Å². The smallest absolute Gasteiger partial charge is 0.237 e. The number of hydrogen-bond acceptors (Lipinski definition) is 4. The van der Waals surface area contributed by atoms with Crippen LogP contribution in [0.1, 0.15) is 16.7 Å². The first-order valence-corrected chi connectivity index (χ1v) is 10.1. The fraction of sp³-hybridized carbons (Fsp3) is 0.240. The lowest BCUT2D eigenvalue weighted by molar-refractivity contribution is -0.133. The number of amides is 1. The van der Waals surface area contributed by atoms with E-state index in [0.717, 1.165) is 28.2 Å². The Hall–Kier alpha value is -3.31. The molecule has 3 aromatic carbocycles. The van der Waals surface area contributed by atoms with E-state index in [0.29, 0.717) is 26.2 Å². The van der Waals surface area contributed by atoms with Gasteiger partial charge in [0.15, 0.2) is 11.5 Å². The van der Waals surface area contributed by atoms with Crippen molar-refractivity contribution in [2.24, 2.45) is 0 Å². The number of nitrogens with zero attached hydrogens (tertiary/aromatic N) is 2. The molecule has 0 bridgehead atoms. The van der Waals surface area contributed by atoms with Crippen LogP contribution in [-0.4, -0.2) is 36.1 Å². The van der Waals surface area contributed by atoms with Gasteiger partial charge in [-0.3, -0.25) is 9.69 Å². The van der Waals surface area contributed by atoms with Crippen LogP contribution in [0.5, 0.6) is 11.5 Å². The molecule has 0 unspecified atom stereocenters. The Labute approximate surface area is 177 Å². The lowest BCUT2D eigenvalue weighted by Gasteiger charge is -2.26. The van der Waals surface area contributed by atoms with Gasteiger partial charge < -0.3 is 14.4 Å². The Balaban J connectivity index is 1.42. The lowest BCUT2D eigenvalue weighted by Crippen LogP contribution is -2.38. The molecule has 1 heterocycles. The van der Waals surface area contributed by atoms with E-state index in [4.69, 9.17) is 9.47 Å². The first kappa shape index (κ1) is 20.0. The summed E-state index contributed by atoms with van der Waals surface area (Å²) in [4.78, 5) is 17.1. The molecule has 30 heavy (non-hydrogen) atoms. The van der Waals surface area contributed by atoms with E-state index in [-0.39, 0.29) is 12.7 Å². The minimum Gasteiger partial charge on any atom is -0.454 e. The molecule has 4 rings (SSSR count). The minimum atomic E-state index is 0.103. The summed E-state index contributed by atoms with van der Waals surface area (Å²) in [6.45, 7) is 2.45. The summed E-state index contributed by atoms with van der Waals surface area (Å²) in [7, 11) is 1.96. The van der Waals surface area contributed by atoms with Crippen LogP contribution in [0.25, 0.3) is 0 Å². The zero-order chi connectivity index (χ0) is 20.8. The molecule has 0 fully saturated rings. The van der Waals surface area contributed by atoms with E-state index >= 15 is 0 Å². The molecular formula is C25H26N2O3.